The van der Waals surface area contributed by atoms with Gasteiger partial charge in [-0.15, -0.1) is 0 Å². The molecule has 6 N–H and O–H groups in total. The van der Waals surface area contributed by atoms with Gasteiger partial charge < -0.3 is 21.9 Å². The van der Waals surface area contributed by atoms with Gasteiger partial charge in [-0.1, -0.05) is 0 Å². The van der Waals surface area contributed by atoms with E-state index in [-0.39, 0.29) is 23.8 Å². The topological polar surface area (TPSA) is 79.3 Å². The molecule has 0 saturated carbocycles. The molecule has 1 aliphatic heterocycles. The van der Waals surface area contributed by atoms with E-state index in [9.17, 15) is 0 Å². The van der Waals surface area contributed by atoms with Crippen molar-refractivity contribution in [3.05, 3.63) is 0 Å². The number of aliphatic hydroxyl groups is 1. The monoisotopic (exact) mass is 217 g/mol. The highest BCUT2D eigenvalue weighted by molar-refractivity contribution is 4.99. The average molecular weight is 217 g/mol. The van der Waals surface area contributed by atoms with Crippen molar-refractivity contribution in [2.75, 3.05) is 13.2 Å². The van der Waals surface area contributed by atoms with E-state index in [2.05, 4.69) is 38.3 Å². The summed E-state index contributed by atoms with van der Waals surface area (Å²) in [6.45, 7) is 9.88. The first-order valence-electron chi connectivity index (χ1n) is 5.48. The summed E-state index contributed by atoms with van der Waals surface area (Å²) in [6.07, 6.45) is 2.24. The Balaban J connectivity index is 0.00000196. The molecule has 4 nitrogen and oxygen atoms in total. The van der Waals surface area contributed by atoms with Gasteiger partial charge in [0.1, 0.15) is 0 Å². The molecular weight excluding hydrogens is 190 g/mol. The number of hydrogen-bond acceptors (Lipinski definition) is 4. The minimum atomic E-state index is 0. The van der Waals surface area contributed by atoms with Gasteiger partial charge in [0.15, 0.2) is 0 Å². The molecule has 92 valence electrons. The molecule has 0 unspecified atom stereocenters. The first-order valence-corrected chi connectivity index (χ1v) is 5.48. The second-order valence-electron chi connectivity index (χ2n) is 5.68. The molecule has 0 aromatic heterocycles. The highest BCUT2D eigenvalue weighted by Crippen LogP contribution is 2.28. The number of piperidine rings is 1. The van der Waals surface area contributed by atoms with E-state index in [4.69, 9.17) is 5.11 Å². The maximum absolute atomic E-state index is 8.78. The molecule has 0 radical (unpaired) electrons. The Morgan fingerprint density at radius 1 is 1.20 bits per heavy atom. The fourth-order valence-corrected chi connectivity index (χ4v) is 2.74. The third-order valence-electron chi connectivity index (χ3n) is 2.74. The predicted octanol–water partition coefficient (Wildman–Crippen LogP) is 1.04. The van der Waals surface area contributed by atoms with Gasteiger partial charge in [-0.05, 0) is 40.5 Å². The number of hydrogen-bond donors (Lipinski definition) is 4. The Bertz CT molecular complexity index is 176. The molecule has 1 heterocycles. The molecule has 0 atom stereocenters. The summed E-state index contributed by atoms with van der Waals surface area (Å²) in [4.78, 5) is 0. The fourth-order valence-electron chi connectivity index (χ4n) is 2.74. The number of nitrogens with one attached hydrogen (secondary N) is 2. The Hall–Kier alpha value is -0.160. The van der Waals surface area contributed by atoms with Crippen LogP contribution >= 0.6 is 0 Å². The van der Waals surface area contributed by atoms with Gasteiger partial charge >= 0.3 is 0 Å². The quantitative estimate of drug-likeness (QED) is 0.569. The summed E-state index contributed by atoms with van der Waals surface area (Å²) in [5, 5.41) is 15.8. The molecule has 0 aromatic carbocycles. The summed E-state index contributed by atoms with van der Waals surface area (Å²) >= 11 is 0. The summed E-state index contributed by atoms with van der Waals surface area (Å²) < 4.78 is 0. The van der Waals surface area contributed by atoms with Gasteiger partial charge in [-0.25, -0.2) is 0 Å². The molecule has 1 fully saturated rings. The third kappa shape index (κ3) is 4.93. The van der Waals surface area contributed by atoms with Crippen LogP contribution in [-0.2, 0) is 0 Å². The van der Waals surface area contributed by atoms with Crippen molar-refractivity contribution in [3.63, 3.8) is 0 Å². The van der Waals surface area contributed by atoms with E-state index in [1.807, 2.05) is 0 Å². The molecule has 0 aromatic rings. The zero-order chi connectivity index (χ0) is 10.8. The lowest BCUT2D eigenvalue weighted by Gasteiger charge is -2.46. The highest BCUT2D eigenvalue weighted by Gasteiger charge is 2.37. The van der Waals surface area contributed by atoms with Crippen molar-refractivity contribution in [2.24, 2.45) is 0 Å². The van der Waals surface area contributed by atoms with Crippen LogP contribution in [-0.4, -0.2) is 35.4 Å². The molecule has 15 heavy (non-hydrogen) atoms. The smallest absolute Gasteiger partial charge is 0.0556 e. The van der Waals surface area contributed by atoms with Crippen molar-refractivity contribution >= 4 is 0 Å². The Labute approximate surface area is 93.4 Å². The van der Waals surface area contributed by atoms with E-state index in [1.54, 1.807) is 0 Å². The first kappa shape index (κ1) is 14.8. The lowest BCUT2D eigenvalue weighted by atomic mass is 9.79. The second kappa shape index (κ2) is 5.25. The zero-order valence-electron chi connectivity index (χ0n) is 10.6. The summed E-state index contributed by atoms with van der Waals surface area (Å²) in [7, 11) is 0. The minimum absolute atomic E-state index is 0. The zero-order valence-corrected chi connectivity index (χ0v) is 10.6. The summed E-state index contributed by atoms with van der Waals surface area (Å²) in [5.74, 6) is 0. The summed E-state index contributed by atoms with van der Waals surface area (Å²) in [5.41, 5.74) is 0.379. The standard InChI is InChI=1S/C11H24N2O.H3N/c1-10(2)7-9(12-5-6-14)8-11(3,4)13-10;/h9,12-14H,5-8H2,1-4H3;1H3. The third-order valence-corrected chi connectivity index (χ3v) is 2.74. The lowest BCUT2D eigenvalue weighted by Crippen LogP contribution is -2.61. The van der Waals surface area contributed by atoms with E-state index in [0.717, 1.165) is 12.8 Å². The maximum Gasteiger partial charge on any atom is 0.0556 e. The van der Waals surface area contributed by atoms with Crippen LogP contribution in [0.1, 0.15) is 40.5 Å². The van der Waals surface area contributed by atoms with Crippen LogP contribution in [0, 0.1) is 0 Å². The Morgan fingerprint density at radius 2 is 1.67 bits per heavy atom. The molecule has 1 aliphatic rings. The van der Waals surface area contributed by atoms with Crippen molar-refractivity contribution < 1.29 is 5.11 Å². The van der Waals surface area contributed by atoms with Crippen LogP contribution in [0.3, 0.4) is 0 Å². The first-order chi connectivity index (χ1) is 6.35. The molecule has 0 bridgehead atoms. The van der Waals surface area contributed by atoms with Crippen LogP contribution in [0.25, 0.3) is 0 Å². The minimum Gasteiger partial charge on any atom is -0.395 e. The van der Waals surface area contributed by atoms with Gasteiger partial charge in [0.25, 0.3) is 0 Å². The average Bonchev–Trinajstić information content (AvgIpc) is 1.94. The van der Waals surface area contributed by atoms with Crippen molar-refractivity contribution in [1.82, 2.24) is 16.8 Å². The SMILES string of the molecule is CC1(C)CC(NCCO)CC(C)(C)N1.N. The van der Waals surface area contributed by atoms with E-state index < -0.39 is 0 Å². The van der Waals surface area contributed by atoms with Gasteiger partial charge in [0.2, 0.25) is 0 Å². The second-order valence-corrected chi connectivity index (χ2v) is 5.68. The van der Waals surface area contributed by atoms with E-state index in [0.29, 0.717) is 12.6 Å². The van der Waals surface area contributed by atoms with E-state index >= 15 is 0 Å². The Morgan fingerprint density at radius 3 is 2.07 bits per heavy atom. The van der Waals surface area contributed by atoms with Crippen molar-refractivity contribution in [1.29, 1.82) is 0 Å². The molecule has 0 spiro atoms. The molecule has 1 rings (SSSR count). The van der Waals surface area contributed by atoms with E-state index in [1.165, 1.54) is 0 Å². The lowest BCUT2D eigenvalue weighted by molar-refractivity contribution is 0.142. The largest absolute Gasteiger partial charge is 0.395 e. The van der Waals surface area contributed by atoms with Crippen LogP contribution in [0.15, 0.2) is 0 Å². The highest BCUT2D eigenvalue weighted by atomic mass is 16.3. The van der Waals surface area contributed by atoms with Gasteiger partial charge in [-0.3, -0.25) is 0 Å². The number of aliphatic hydroxyl groups excluding tert-OH is 1. The van der Waals surface area contributed by atoms with Gasteiger partial charge in [-0.2, -0.15) is 0 Å². The molecule has 0 aliphatic carbocycles. The van der Waals surface area contributed by atoms with Crippen LogP contribution in [0.5, 0.6) is 0 Å². The van der Waals surface area contributed by atoms with Crippen LogP contribution in [0.4, 0.5) is 0 Å². The summed E-state index contributed by atoms with van der Waals surface area (Å²) in [6, 6.07) is 0.522. The maximum atomic E-state index is 8.78. The molecule has 0 amide bonds. The molecule has 1 saturated heterocycles. The number of rotatable bonds is 3. The Kier molecular flexibility index (Phi) is 5.20. The van der Waals surface area contributed by atoms with Gasteiger partial charge in [0, 0.05) is 23.7 Å². The van der Waals surface area contributed by atoms with Crippen molar-refractivity contribution in [3.8, 4) is 0 Å². The predicted molar refractivity (Wildman–Crippen MR) is 64.4 cm³/mol. The van der Waals surface area contributed by atoms with Crippen molar-refractivity contribution in [2.45, 2.75) is 57.7 Å². The van der Waals surface area contributed by atoms with Crippen LogP contribution < -0.4 is 16.8 Å². The van der Waals surface area contributed by atoms with Gasteiger partial charge in [0.05, 0.1) is 6.61 Å². The normalized spacial score (nSPS) is 24.6. The molecule has 4 heteroatoms. The van der Waals surface area contributed by atoms with Crippen LogP contribution in [0.2, 0.25) is 0 Å². The molecular formula is C11H27N3O. The fraction of sp³-hybridized carbons (Fsp3) is 1.00.